The Morgan fingerprint density at radius 1 is 1.50 bits per heavy atom. The van der Waals surface area contributed by atoms with Crippen LogP contribution in [0.2, 0.25) is 0 Å². The lowest BCUT2D eigenvalue weighted by Gasteiger charge is -2.22. The van der Waals surface area contributed by atoms with Crippen LogP contribution in [-0.4, -0.2) is 25.3 Å². The summed E-state index contributed by atoms with van der Waals surface area (Å²) in [5.41, 5.74) is 0. The second-order valence-electron chi connectivity index (χ2n) is 2.55. The summed E-state index contributed by atoms with van der Waals surface area (Å²) in [6.45, 7) is 3.98. The summed E-state index contributed by atoms with van der Waals surface area (Å²) < 4.78 is 0. The number of rotatable bonds is 3. The zero-order chi connectivity index (χ0) is 8.15. The molecule has 0 heterocycles. The van der Waals surface area contributed by atoms with Crippen LogP contribution < -0.4 is 0 Å². The molecule has 0 rings (SSSR count). The van der Waals surface area contributed by atoms with Crippen LogP contribution in [0.4, 0.5) is 0 Å². The fraction of sp³-hybridized carbons (Fsp3) is 0.857. The van der Waals surface area contributed by atoms with E-state index in [2.05, 4.69) is 6.07 Å². The van der Waals surface area contributed by atoms with E-state index >= 15 is 0 Å². The molecule has 3 nitrogen and oxygen atoms in total. The molecule has 0 saturated carbocycles. The summed E-state index contributed by atoms with van der Waals surface area (Å²) in [5, 5.41) is 10.2. The van der Waals surface area contributed by atoms with E-state index in [4.69, 9.17) is 10.1 Å². The van der Waals surface area contributed by atoms with Gasteiger partial charge in [-0.05, 0) is 5.92 Å². The number of nitriles is 1. The van der Waals surface area contributed by atoms with Crippen molar-refractivity contribution >= 4 is 0 Å². The van der Waals surface area contributed by atoms with Crippen LogP contribution in [0.5, 0.6) is 0 Å². The van der Waals surface area contributed by atoms with Crippen molar-refractivity contribution in [3.8, 4) is 6.07 Å². The Balaban J connectivity index is 3.96. The van der Waals surface area contributed by atoms with Gasteiger partial charge >= 0.3 is 0 Å². The maximum atomic E-state index is 8.63. The molecule has 0 fully saturated rings. The first-order valence-electron chi connectivity index (χ1n) is 3.30. The molecule has 0 bridgehead atoms. The lowest BCUT2D eigenvalue weighted by Crippen LogP contribution is -2.33. The van der Waals surface area contributed by atoms with Crippen molar-refractivity contribution in [3.63, 3.8) is 0 Å². The number of hydrogen-bond donors (Lipinski definition) is 0. The van der Waals surface area contributed by atoms with Gasteiger partial charge in [0.15, 0.2) is 0 Å². The van der Waals surface area contributed by atoms with Crippen LogP contribution in [0.15, 0.2) is 0 Å². The molecule has 0 aliphatic heterocycles. The van der Waals surface area contributed by atoms with E-state index in [1.54, 1.807) is 19.2 Å². The molecule has 3 heteroatoms. The Kier molecular flexibility index (Phi) is 4.01. The molecule has 58 valence electrons. The van der Waals surface area contributed by atoms with E-state index in [-0.39, 0.29) is 6.04 Å². The third kappa shape index (κ3) is 2.34. The van der Waals surface area contributed by atoms with Gasteiger partial charge in [-0.15, -0.1) is 0 Å². The second kappa shape index (κ2) is 4.26. The van der Waals surface area contributed by atoms with Gasteiger partial charge < -0.3 is 4.84 Å². The summed E-state index contributed by atoms with van der Waals surface area (Å²) in [6.07, 6.45) is 0. The molecule has 0 aromatic carbocycles. The topological polar surface area (TPSA) is 36.3 Å². The Hall–Kier alpha value is -0.590. The number of hydroxylamine groups is 2. The van der Waals surface area contributed by atoms with Gasteiger partial charge in [-0.2, -0.15) is 10.3 Å². The van der Waals surface area contributed by atoms with Gasteiger partial charge in [0.1, 0.15) is 6.04 Å². The molecule has 0 radical (unpaired) electrons. The number of hydrogen-bond acceptors (Lipinski definition) is 3. The van der Waals surface area contributed by atoms with E-state index in [0.29, 0.717) is 5.92 Å². The van der Waals surface area contributed by atoms with E-state index in [1.165, 1.54) is 0 Å². The maximum Gasteiger partial charge on any atom is 0.124 e. The fourth-order valence-corrected chi connectivity index (χ4v) is 0.764. The first-order valence-corrected chi connectivity index (χ1v) is 3.30. The molecule has 0 aromatic rings. The molecule has 0 saturated heterocycles. The molecule has 0 spiro atoms. The fourth-order valence-electron chi connectivity index (χ4n) is 0.764. The minimum atomic E-state index is -0.148. The van der Waals surface area contributed by atoms with E-state index in [9.17, 15) is 0 Å². The predicted molar refractivity (Wildman–Crippen MR) is 39.0 cm³/mol. The van der Waals surface area contributed by atoms with Crippen molar-refractivity contribution in [2.75, 3.05) is 14.2 Å². The molecule has 1 unspecified atom stereocenters. The monoisotopic (exact) mass is 142 g/mol. The zero-order valence-corrected chi connectivity index (χ0v) is 6.96. The first kappa shape index (κ1) is 9.41. The smallest absolute Gasteiger partial charge is 0.124 e. The second-order valence-corrected chi connectivity index (χ2v) is 2.55. The van der Waals surface area contributed by atoms with Crippen molar-refractivity contribution in [3.05, 3.63) is 0 Å². The highest BCUT2D eigenvalue weighted by Gasteiger charge is 2.16. The molecular weight excluding hydrogens is 128 g/mol. The van der Waals surface area contributed by atoms with Crippen molar-refractivity contribution < 1.29 is 4.84 Å². The molecule has 10 heavy (non-hydrogen) atoms. The largest absolute Gasteiger partial charge is 0.301 e. The van der Waals surface area contributed by atoms with Crippen molar-refractivity contribution in [2.24, 2.45) is 5.92 Å². The molecule has 0 aromatic heterocycles. The minimum absolute atomic E-state index is 0.148. The predicted octanol–water partition coefficient (Wildman–Crippen LogP) is 1.03. The van der Waals surface area contributed by atoms with Crippen LogP contribution in [0.25, 0.3) is 0 Å². The molecule has 0 amide bonds. The third-order valence-electron chi connectivity index (χ3n) is 1.44. The Morgan fingerprint density at radius 2 is 2.00 bits per heavy atom. The average Bonchev–Trinajstić information content (AvgIpc) is 1.88. The van der Waals surface area contributed by atoms with Crippen molar-refractivity contribution in [1.29, 1.82) is 5.26 Å². The average molecular weight is 142 g/mol. The summed E-state index contributed by atoms with van der Waals surface area (Å²) in [5.74, 6) is 0.301. The zero-order valence-electron chi connectivity index (χ0n) is 6.96. The Morgan fingerprint density at radius 3 is 2.10 bits per heavy atom. The SMILES string of the molecule is CON(C)C(C#N)C(C)C. The van der Waals surface area contributed by atoms with Gasteiger partial charge in [0.05, 0.1) is 13.2 Å². The summed E-state index contributed by atoms with van der Waals surface area (Å²) in [7, 11) is 3.32. The first-order chi connectivity index (χ1) is 4.63. The molecule has 0 aliphatic rings. The van der Waals surface area contributed by atoms with Gasteiger partial charge in [-0.25, -0.2) is 0 Å². The van der Waals surface area contributed by atoms with Gasteiger partial charge in [0.2, 0.25) is 0 Å². The lowest BCUT2D eigenvalue weighted by molar-refractivity contribution is -0.135. The Labute approximate surface area is 62.1 Å². The van der Waals surface area contributed by atoms with E-state index in [1.807, 2.05) is 13.8 Å². The van der Waals surface area contributed by atoms with E-state index < -0.39 is 0 Å². The summed E-state index contributed by atoms with van der Waals surface area (Å²) in [6, 6.07) is 2.00. The quantitative estimate of drug-likeness (QED) is 0.552. The molecule has 0 N–H and O–H groups in total. The Bertz CT molecular complexity index is 128. The van der Waals surface area contributed by atoms with Crippen LogP contribution in [0.1, 0.15) is 13.8 Å². The minimum Gasteiger partial charge on any atom is -0.301 e. The third-order valence-corrected chi connectivity index (χ3v) is 1.44. The summed E-state index contributed by atoms with van der Waals surface area (Å²) in [4.78, 5) is 4.88. The van der Waals surface area contributed by atoms with Crippen LogP contribution in [0.3, 0.4) is 0 Å². The van der Waals surface area contributed by atoms with Gasteiger partial charge in [0.25, 0.3) is 0 Å². The van der Waals surface area contributed by atoms with Crippen LogP contribution >= 0.6 is 0 Å². The molecular formula is C7H14N2O. The highest BCUT2D eigenvalue weighted by atomic mass is 16.7. The van der Waals surface area contributed by atoms with Gasteiger partial charge in [0, 0.05) is 7.05 Å². The van der Waals surface area contributed by atoms with Crippen LogP contribution in [-0.2, 0) is 4.84 Å². The van der Waals surface area contributed by atoms with Gasteiger partial charge in [-0.1, -0.05) is 13.8 Å². The van der Waals surface area contributed by atoms with Crippen molar-refractivity contribution in [2.45, 2.75) is 19.9 Å². The number of nitrogens with zero attached hydrogens (tertiary/aromatic N) is 2. The summed E-state index contributed by atoms with van der Waals surface area (Å²) >= 11 is 0. The normalized spacial score (nSPS) is 13.7. The van der Waals surface area contributed by atoms with Gasteiger partial charge in [-0.3, -0.25) is 0 Å². The highest BCUT2D eigenvalue weighted by molar-refractivity contribution is 4.90. The van der Waals surface area contributed by atoms with E-state index in [0.717, 1.165) is 0 Å². The highest BCUT2D eigenvalue weighted by Crippen LogP contribution is 2.06. The lowest BCUT2D eigenvalue weighted by atomic mass is 10.1. The van der Waals surface area contributed by atoms with Crippen molar-refractivity contribution in [1.82, 2.24) is 5.06 Å². The molecule has 1 atom stereocenters. The maximum absolute atomic E-state index is 8.63. The molecule has 0 aliphatic carbocycles. The van der Waals surface area contributed by atoms with Crippen LogP contribution in [0, 0.1) is 17.2 Å². The standard InChI is InChI=1S/C7H14N2O/c1-6(2)7(5-8)9(3)10-4/h6-7H,1-4H3.